The molecule has 3 saturated carbocycles. The molecule has 38 heavy (non-hydrogen) atoms. The number of carbonyl (C=O) groups is 1. The fourth-order valence-electron chi connectivity index (χ4n) is 9.29. The Kier molecular flexibility index (Phi) is 5.70. The van der Waals surface area contributed by atoms with Crippen molar-refractivity contribution in [2.24, 2.45) is 22.7 Å². The molecule has 2 aromatic rings. The van der Waals surface area contributed by atoms with Crippen molar-refractivity contribution in [1.29, 1.82) is 0 Å². The Balaban J connectivity index is 1.31. The van der Waals surface area contributed by atoms with E-state index in [4.69, 9.17) is 9.78 Å². The highest BCUT2D eigenvalue weighted by molar-refractivity contribution is 7.08. The first-order valence-electron chi connectivity index (χ1n) is 14.5. The van der Waals surface area contributed by atoms with E-state index in [1.165, 1.54) is 27.8 Å². The lowest BCUT2D eigenvalue weighted by atomic mass is 9.50. The molecule has 4 fully saturated rings. The number of thiophene rings is 1. The highest BCUT2D eigenvalue weighted by atomic mass is 32.1. The summed E-state index contributed by atoms with van der Waals surface area (Å²) in [6.07, 6.45) is 7.52. The molecular weight excluding hydrogens is 492 g/mol. The summed E-state index contributed by atoms with van der Waals surface area (Å²) in [6.45, 7) is 7.32. The minimum atomic E-state index is -0.855. The van der Waals surface area contributed by atoms with Crippen molar-refractivity contribution in [1.82, 2.24) is 0 Å². The van der Waals surface area contributed by atoms with Crippen LogP contribution in [0.4, 0.5) is 0 Å². The lowest BCUT2D eigenvalue weighted by Crippen LogP contribution is -2.56. The van der Waals surface area contributed by atoms with Crippen LogP contribution in [0.5, 0.6) is 0 Å². The number of fused-ring (bicyclic) bond motifs is 4. The topological polar surface area (TPSA) is 55.8 Å². The molecule has 5 aliphatic rings. The highest BCUT2D eigenvalue weighted by Gasteiger charge is 2.60. The summed E-state index contributed by atoms with van der Waals surface area (Å²) in [7, 11) is 0. The first kappa shape index (κ1) is 25.2. The number of hydrogen-bond donors (Lipinski definition) is 1. The van der Waals surface area contributed by atoms with Crippen LogP contribution in [0.2, 0.25) is 0 Å². The fourth-order valence-corrected chi connectivity index (χ4v) is 9.96. The number of aliphatic hydroxyl groups is 1. The van der Waals surface area contributed by atoms with Crippen LogP contribution < -0.4 is 0 Å². The number of Topliss-reactive ketones (excluding diaryl/α,β-unsaturated/α-hetero) is 1. The number of allylic oxidation sites excluding steroid dienone is 1. The molecule has 4 aliphatic carbocycles. The lowest BCUT2D eigenvalue weighted by Gasteiger charge is -2.57. The lowest BCUT2D eigenvalue weighted by molar-refractivity contribution is -0.414. The Hall–Kier alpha value is -1.79. The van der Waals surface area contributed by atoms with Crippen molar-refractivity contribution in [2.75, 3.05) is 6.61 Å². The third-order valence-electron chi connectivity index (χ3n) is 10.9. The predicted octanol–water partition coefficient (Wildman–Crippen LogP) is 7.63. The van der Waals surface area contributed by atoms with Crippen LogP contribution in [0.3, 0.4) is 0 Å². The van der Waals surface area contributed by atoms with Gasteiger partial charge in [0.25, 0.3) is 0 Å². The maximum atomic E-state index is 13.3. The van der Waals surface area contributed by atoms with Gasteiger partial charge < -0.3 is 5.11 Å². The Bertz CT molecular complexity index is 1280. The molecule has 0 radical (unpaired) electrons. The van der Waals surface area contributed by atoms with E-state index < -0.39 is 11.2 Å². The summed E-state index contributed by atoms with van der Waals surface area (Å²) in [5.74, 6) is 1.40. The second-order valence-electron chi connectivity index (χ2n) is 14.0. The molecule has 4 nitrogen and oxygen atoms in total. The van der Waals surface area contributed by atoms with Gasteiger partial charge in [-0.3, -0.25) is 4.79 Å². The van der Waals surface area contributed by atoms with Gasteiger partial charge in [-0.15, -0.1) is 0 Å². The van der Waals surface area contributed by atoms with Gasteiger partial charge in [-0.2, -0.15) is 11.3 Å². The second kappa shape index (κ2) is 8.60. The first-order chi connectivity index (χ1) is 18.1. The largest absolute Gasteiger partial charge is 0.385 e. The molecule has 1 unspecified atom stereocenters. The average molecular weight is 533 g/mol. The van der Waals surface area contributed by atoms with Gasteiger partial charge in [-0.05, 0) is 101 Å². The quantitative estimate of drug-likeness (QED) is 0.319. The molecule has 1 saturated heterocycles. The molecule has 1 aliphatic heterocycles. The summed E-state index contributed by atoms with van der Waals surface area (Å²) >= 11 is 1.72. The van der Waals surface area contributed by atoms with Crippen LogP contribution in [0.15, 0.2) is 52.2 Å². The number of hydrogen-bond acceptors (Lipinski definition) is 5. The summed E-state index contributed by atoms with van der Waals surface area (Å²) in [5, 5.41) is 16.7. The summed E-state index contributed by atoms with van der Waals surface area (Å²) in [5.41, 5.74) is 5.01. The second-order valence-corrected chi connectivity index (χ2v) is 14.8. The molecule has 1 N–H and O–H groups in total. The van der Waals surface area contributed by atoms with Crippen molar-refractivity contribution in [3.8, 4) is 11.1 Å². The van der Waals surface area contributed by atoms with Gasteiger partial charge in [0.2, 0.25) is 0 Å². The minimum Gasteiger partial charge on any atom is -0.385 e. The smallest absolute Gasteiger partial charge is 0.139 e. The van der Waals surface area contributed by atoms with Crippen molar-refractivity contribution in [2.45, 2.75) is 95.7 Å². The standard InChI is InChI=1S/C33H40O4S/c1-30(2)18-32(37-36-20-30)13-11-27-29-24(10-14-33(27,35)19-32)26-8-9-28(34)31(26,3)16-25(29)22-6-4-21(5-7-22)23-12-15-38-17-23/h4-7,12,15,17,24-26,35H,8-11,13-14,16,18-20H2,1-3H3/t24-,25+,26-,31-,32?,33+/m0/s1. The van der Waals surface area contributed by atoms with Gasteiger partial charge in [-0.25, -0.2) is 9.78 Å². The van der Waals surface area contributed by atoms with E-state index in [1.54, 1.807) is 11.3 Å². The number of rotatable bonds is 2. The molecule has 202 valence electrons. The number of carbonyl (C=O) groups excluding carboxylic acids is 1. The third kappa shape index (κ3) is 3.83. The molecule has 0 amide bonds. The molecule has 6 atom stereocenters. The van der Waals surface area contributed by atoms with Crippen LogP contribution in [0, 0.1) is 22.7 Å². The van der Waals surface area contributed by atoms with Gasteiger partial charge in [-0.1, -0.05) is 50.6 Å². The van der Waals surface area contributed by atoms with Crippen molar-refractivity contribution in [3.05, 3.63) is 57.8 Å². The van der Waals surface area contributed by atoms with Gasteiger partial charge in [0.15, 0.2) is 0 Å². The van der Waals surface area contributed by atoms with Crippen LogP contribution in [-0.4, -0.2) is 28.7 Å². The molecule has 1 spiro atoms. The van der Waals surface area contributed by atoms with Gasteiger partial charge in [0.1, 0.15) is 11.4 Å². The van der Waals surface area contributed by atoms with Gasteiger partial charge in [0.05, 0.1) is 12.2 Å². The van der Waals surface area contributed by atoms with Crippen LogP contribution in [-0.2, 0) is 14.6 Å². The zero-order valence-electron chi connectivity index (χ0n) is 22.9. The fraction of sp³-hybridized carbons (Fsp3) is 0.606. The Morgan fingerprint density at radius 3 is 2.53 bits per heavy atom. The highest BCUT2D eigenvalue weighted by Crippen LogP contribution is 2.65. The Morgan fingerprint density at radius 2 is 1.79 bits per heavy atom. The molecule has 7 rings (SSSR count). The number of benzene rings is 1. The van der Waals surface area contributed by atoms with E-state index in [1.807, 2.05) is 0 Å². The van der Waals surface area contributed by atoms with E-state index in [2.05, 4.69) is 61.9 Å². The monoisotopic (exact) mass is 532 g/mol. The SMILES string of the molecule is CC1(C)COOC2(CCC3=C4[C@@H](CC[C@@]3(O)C2)[C@@H]2CCC(=O)[C@@]2(C)C[C@@H]4c2ccc(-c3ccsc3)cc2)C1. The van der Waals surface area contributed by atoms with Crippen LogP contribution in [0.25, 0.3) is 11.1 Å². The van der Waals surface area contributed by atoms with Gasteiger partial charge >= 0.3 is 0 Å². The zero-order valence-corrected chi connectivity index (χ0v) is 23.7. The van der Waals surface area contributed by atoms with Gasteiger partial charge in [0, 0.05) is 24.2 Å². The average Bonchev–Trinajstić information content (AvgIpc) is 3.51. The molecule has 0 bridgehead atoms. The maximum Gasteiger partial charge on any atom is 0.139 e. The van der Waals surface area contributed by atoms with Crippen LogP contribution >= 0.6 is 11.3 Å². The first-order valence-corrected chi connectivity index (χ1v) is 15.5. The summed E-state index contributed by atoms with van der Waals surface area (Å²) in [6, 6.07) is 11.2. The van der Waals surface area contributed by atoms with E-state index in [0.717, 1.165) is 44.9 Å². The minimum absolute atomic E-state index is 0.0417. The molecular formula is C33H40O4S. The summed E-state index contributed by atoms with van der Waals surface area (Å²) in [4.78, 5) is 25.0. The predicted molar refractivity (Wildman–Crippen MR) is 150 cm³/mol. The molecule has 2 heterocycles. The summed E-state index contributed by atoms with van der Waals surface area (Å²) < 4.78 is 0. The molecule has 1 aromatic heterocycles. The van der Waals surface area contributed by atoms with E-state index >= 15 is 0 Å². The zero-order chi connectivity index (χ0) is 26.3. The van der Waals surface area contributed by atoms with Crippen LogP contribution in [0.1, 0.15) is 90.0 Å². The number of ketones is 1. The van der Waals surface area contributed by atoms with E-state index in [0.29, 0.717) is 37.1 Å². The third-order valence-corrected chi connectivity index (χ3v) is 11.6. The van der Waals surface area contributed by atoms with E-state index in [-0.39, 0.29) is 16.7 Å². The Morgan fingerprint density at radius 1 is 0.974 bits per heavy atom. The van der Waals surface area contributed by atoms with Crippen molar-refractivity contribution in [3.63, 3.8) is 0 Å². The molecule has 5 heteroatoms. The van der Waals surface area contributed by atoms with Crippen molar-refractivity contribution >= 4 is 17.1 Å². The Labute approximate surface area is 230 Å². The maximum absolute atomic E-state index is 13.3. The normalized spacial score (nSPS) is 40.1. The van der Waals surface area contributed by atoms with Crippen molar-refractivity contribution < 1.29 is 19.7 Å². The van der Waals surface area contributed by atoms with E-state index in [9.17, 15) is 9.90 Å². The molecule has 1 aromatic carbocycles.